The molecule has 16 heavy (non-hydrogen) atoms. The Labute approximate surface area is 102 Å². The van der Waals surface area contributed by atoms with Crippen molar-refractivity contribution >= 4 is 21.6 Å². The van der Waals surface area contributed by atoms with Gasteiger partial charge in [0.05, 0.1) is 18.1 Å². The molecule has 2 aromatic rings. The number of pyridine rings is 1. The molecule has 1 aromatic heterocycles. The van der Waals surface area contributed by atoms with Crippen LogP contribution in [0.15, 0.2) is 41.1 Å². The number of nitrogens with two attached hydrogens (primary N) is 1. The summed E-state index contributed by atoms with van der Waals surface area (Å²) in [6.45, 7) is 2.01. The summed E-state index contributed by atoms with van der Waals surface area (Å²) in [6.07, 6.45) is 3.22. The Balaban J connectivity index is 2.24. The van der Waals surface area contributed by atoms with Gasteiger partial charge in [-0.3, -0.25) is 4.98 Å². The number of halogens is 1. The molecule has 0 aliphatic carbocycles. The summed E-state index contributed by atoms with van der Waals surface area (Å²) in [7, 11) is 0. The molecule has 2 N–H and O–H groups in total. The number of anilines is 1. The first kappa shape index (κ1) is 11.0. The highest BCUT2D eigenvalue weighted by atomic mass is 79.9. The molecule has 0 fully saturated rings. The van der Waals surface area contributed by atoms with Gasteiger partial charge in [0.15, 0.2) is 0 Å². The topological polar surface area (TPSA) is 48.1 Å². The molecule has 0 atom stereocenters. The number of nitrogens with zero attached hydrogens (tertiary/aromatic N) is 1. The average molecular weight is 279 g/mol. The minimum Gasteiger partial charge on any atom is -0.456 e. The summed E-state index contributed by atoms with van der Waals surface area (Å²) in [6, 6.07) is 7.53. The van der Waals surface area contributed by atoms with E-state index in [9.17, 15) is 0 Å². The van der Waals surface area contributed by atoms with E-state index in [0.717, 1.165) is 15.8 Å². The van der Waals surface area contributed by atoms with Gasteiger partial charge in [-0.05, 0) is 30.7 Å². The first-order valence-electron chi connectivity index (χ1n) is 4.80. The van der Waals surface area contributed by atoms with Crippen molar-refractivity contribution in [1.29, 1.82) is 0 Å². The van der Waals surface area contributed by atoms with Gasteiger partial charge >= 0.3 is 0 Å². The molecule has 0 aliphatic heterocycles. The van der Waals surface area contributed by atoms with Crippen LogP contribution >= 0.6 is 15.9 Å². The van der Waals surface area contributed by atoms with Crippen LogP contribution in [-0.4, -0.2) is 4.98 Å². The number of rotatable bonds is 2. The Morgan fingerprint density at radius 1 is 1.19 bits per heavy atom. The molecule has 1 aromatic carbocycles. The number of ether oxygens (including phenoxy) is 1. The number of hydrogen-bond acceptors (Lipinski definition) is 3. The Hall–Kier alpha value is -1.55. The fourth-order valence-corrected chi connectivity index (χ4v) is 1.55. The van der Waals surface area contributed by atoms with Crippen LogP contribution in [0.4, 0.5) is 5.69 Å². The van der Waals surface area contributed by atoms with Crippen molar-refractivity contribution in [2.75, 3.05) is 5.73 Å². The molecule has 0 spiro atoms. The van der Waals surface area contributed by atoms with E-state index in [2.05, 4.69) is 20.9 Å². The van der Waals surface area contributed by atoms with Gasteiger partial charge in [0, 0.05) is 10.5 Å². The fourth-order valence-electron chi connectivity index (χ4n) is 1.31. The summed E-state index contributed by atoms with van der Waals surface area (Å²) in [4.78, 5) is 3.96. The highest BCUT2D eigenvalue weighted by Gasteiger charge is 2.00. The maximum atomic E-state index is 5.63. The van der Waals surface area contributed by atoms with Crippen molar-refractivity contribution in [1.82, 2.24) is 4.98 Å². The predicted octanol–water partition coefficient (Wildman–Crippen LogP) is 3.53. The van der Waals surface area contributed by atoms with E-state index in [1.54, 1.807) is 18.5 Å². The zero-order valence-corrected chi connectivity index (χ0v) is 10.4. The number of benzene rings is 1. The molecule has 0 unspecified atom stereocenters. The van der Waals surface area contributed by atoms with Crippen LogP contribution in [0.3, 0.4) is 0 Å². The van der Waals surface area contributed by atoms with Crippen LogP contribution < -0.4 is 10.5 Å². The van der Waals surface area contributed by atoms with Gasteiger partial charge in [0.1, 0.15) is 11.5 Å². The number of aryl methyl sites for hydroxylation is 1. The van der Waals surface area contributed by atoms with Gasteiger partial charge in [-0.25, -0.2) is 0 Å². The first-order valence-corrected chi connectivity index (χ1v) is 5.59. The normalized spacial score (nSPS) is 10.1. The maximum Gasteiger partial charge on any atom is 0.147 e. The monoisotopic (exact) mass is 278 g/mol. The number of nitrogen functional groups attached to an aromatic ring is 1. The summed E-state index contributed by atoms with van der Waals surface area (Å²) in [5.74, 6) is 1.41. The smallest absolute Gasteiger partial charge is 0.147 e. The first-order chi connectivity index (χ1) is 7.65. The van der Waals surface area contributed by atoms with Crippen molar-refractivity contribution in [3.8, 4) is 11.5 Å². The third kappa shape index (κ3) is 2.52. The van der Waals surface area contributed by atoms with Crippen molar-refractivity contribution in [2.24, 2.45) is 0 Å². The van der Waals surface area contributed by atoms with Gasteiger partial charge in [-0.2, -0.15) is 0 Å². The van der Waals surface area contributed by atoms with Gasteiger partial charge < -0.3 is 10.5 Å². The lowest BCUT2D eigenvalue weighted by molar-refractivity contribution is 0.480. The predicted molar refractivity (Wildman–Crippen MR) is 67.6 cm³/mol. The van der Waals surface area contributed by atoms with E-state index >= 15 is 0 Å². The van der Waals surface area contributed by atoms with E-state index in [4.69, 9.17) is 10.5 Å². The van der Waals surface area contributed by atoms with Crippen molar-refractivity contribution < 1.29 is 4.74 Å². The fraction of sp³-hybridized carbons (Fsp3) is 0.0833. The van der Waals surface area contributed by atoms with Crippen LogP contribution in [0.25, 0.3) is 0 Å². The molecular weight excluding hydrogens is 268 g/mol. The van der Waals surface area contributed by atoms with Crippen molar-refractivity contribution in [3.05, 3.63) is 46.7 Å². The highest BCUT2D eigenvalue weighted by molar-refractivity contribution is 9.10. The molecule has 3 nitrogen and oxygen atoms in total. The Bertz CT molecular complexity index is 514. The zero-order chi connectivity index (χ0) is 11.5. The molecule has 0 radical (unpaired) electrons. The van der Waals surface area contributed by atoms with Crippen LogP contribution in [0.1, 0.15) is 5.56 Å². The van der Waals surface area contributed by atoms with Crippen LogP contribution in [0.5, 0.6) is 11.5 Å². The van der Waals surface area contributed by atoms with E-state index < -0.39 is 0 Å². The van der Waals surface area contributed by atoms with Gasteiger partial charge in [-0.1, -0.05) is 15.9 Å². The van der Waals surface area contributed by atoms with Crippen LogP contribution in [0.2, 0.25) is 0 Å². The molecule has 0 saturated carbocycles. The number of aromatic nitrogens is 1. The second-order valence-corrected chi connectivity index (χ2v) is 4.32. The zero-order valence-electron chi connectivity index (χ0n) is 8.77. The summed E-state index contributed by atoms with van der Waals surface area (Å²) in [5.41, 5.74) is 7.33. The van der Waals surface area contributed by atoms with Gasteiger partial charge in [-0.15, -0.1) is 0 Å². The Morgan fingerprint density at radius 2 is 2.00 bits per heavy atom. The summed E-state index contributed by atoms with van der Waals surface area (Å²) < 4.78 is 6.69. The van der Waals surface area contributed by atoms with Crippen molar-refractivity contribution in [2.45, 2.75) is 6.92 Å². The molecule has 0 saturated heterocycles. The average Bonchev–Trinajstić information content (AvgIpc) is 2.24. The third-order valence-electron chi connectivity index (χ3n) is 2.10. The largest absolute Gasteiger partial charge is 0.456 e. The standard InChI is InChI=1S/C12H11BrN2O/c1-8-4-10(2-3-12(8)13)16-11-5-9(14)6-15-7-11/h2-7H,14H2,1H3. The SMILES string of the molecule is Cc1cc(Oc2cncc(N)c2)ccc1Br. The second kappa shape index (κ2) is 4.53. The Kier molecular flexibility index (Phi) is 3.10. The molecule has 0 bridgehead atoms. The molecule has 0 aliphatic rings. The lowest BCUT2D eigenvalue weighted by Gasteiger charge is -2.07. The number of hydrogen-bond donors (Lipinski definition) is 1. The highest BCUT2D eigenvalue weighted by Crippen LogP contribution is 2.26. The van der Waals surface area contributed by atoms with E-state index in [-0.39, 0.29) is 0 Å². The molecule has 4 heteroatoms. The molecular formula is C12H11BrN2O. The molecule has 0 amide bonds. The third-order valence-corrected chi connectivity index (χ3v) is 2.99. The quantitative estimate of drug-likeness (QED) is 0.914. The molecule has 82 valence electrons. The summed E-state index contributed by atoms with van der Waals surface area (Å²) in [5, 5.41) is 0. The lowest BCUT2D eigenvalue weighted by Crippen LogP contribution is -1.90. The van der Waals surface area contributed by atoms with Crippen molar-refractivity contribution in [3.63, 3.8) is 0 Å². The van der Waals surface area contributed by atoms with E-state index in [0.29, 0.717) is 11.4 Å². The van der Waals surface area contributed by atoms with Crippen LogP contribution in [0, 0.1) is 6.92 Å². The van der Waals surface area contributed by atoms with E-state index in [1.165, 1.54) is 0 Å². The Morgan fingerprint density at radius 3 is 2.69 bits per heavy atom. The summed E-state index contributed by atoms with van der Waals surface area (Å²) >= 11 is 3.44. The van der Waals surface area contributed by atoms with Gasteiger partial charge in [0.2, 0.25) is 0 Å². The minimum atomic E-state index is 0.589. The van der Waals surface area contributed by atoms with Crippen LogP contribution in [-0.2, 0) is 0 Å². The minimum absolute atomic E-state index is 0.589. The van der Waals surface area contributed by atoms with Gasteiger partial charge in [0.25, 0.3) is 0 Å². The maximum absolute atomic E-state index is 5.63. The molecule has 1 heterocycles. The lowest BCUT2D eigenvalue weighted by atomic mass is 10.2. The molecule has 2 rings (SSSR count). The second-order valence-electron chi connectivity index (χ2n) is 3.47. The van der Waals surface area contributed by atoms with E-state index in [1.807, 2.05) is 25.1 Å².